The van der Waals surface area contributed by atoms with Crippen molar-refractivity contribution < 1.29 is 23.3 Å². The van der Waals surface area contributed by atoms with Crippen molar-refractivity contribution >= 4 is 18.9 Å². The monoisotopic (exact) mass is 82.0 g/mol. The summed E-state index contributed by atoms with van der Waals surface area (Å²) >= 11 is 0. The molecule has 1 aromatic heterocycles. The molecule has 1 heterocycles. The molecule has 0 amide bonds. The van der Waals surface area contributed by atoms with E-state index in [-0.39, 0.29) is 37.7 Å². The fraction of sp³-hybridized carbons (Fsp3) is 0. The van der Waals surface area contributed by atoms with Gasteiger partial charge in [-0.25, -0.2) is 0 Å². The number of hydrogen-bond donors (Lipinski definition) is 0. The van der Waals surface area contributed by atoms with Crippen molar-refractivity contribution in [3.63, 3.8) is 0 Å². The topological polar surface area (TPSA) is 26.0 Å². The Morgan fingerprint density at radius 1 is 1.57 bits per heavy atom. The summed E-state index contributed by atoms with van der Waals surface area (Å²) in [6.07, 6.45) is 5.22. The number of oxazole rings is 1. The zero-order valence-corrected chi connectivity index (χ0v) is 4.51. The van der Waals surface area contributed by atoms with Crippen molar-refractivity contribution in [2.45, 2.75) is 0 Å². The van der Waals surface area contributed by atoms with Gasteiger partial charge >= 0.3 is 18.9 Å². The summed E-state index contributed by atoms with van der Waals surface area (Å²) in [5, 5.41) is 0. The van der Waals surface area contributed by atoms with Gasteiger partial charge < -0.3 is 9.40 Å². The third kappa shape index (κ3) is 4.25. The largest absolute Gasteiger partial charge is 1.00 e. The van der Waals surface area contributed by atoms with E-state index in [0.717, 1.165) is 0 Å². The molecule has 0 aliphatic rings. The minimum atomic E-state index is 0. The molecule has 0 saturated carbocycles. The second kappa shape index (κ2) is 6.40. The second-order valence-electron chi connectivity index (χ2n) is 0.623. The van der Waals surface area contributed by atoms with Crippen molar-refractivity contribution in [1.29, 1.82) is 0 Å². The molecule has 4 heteroatoms. The van der Waals surface area contributed by atoms with Crippen LogP contribution in [0.25, 0.3) is 0 Å². The number of rotatable bonds is 0. The van der Waals surface area contributed by atoms with Gasteiger partial charge in [-0.2, -0.15) is 0 Å². The van der Waals surface area contributed by atoms with Gasteiger partial charge in [0.05, 0.1) is 0 Å². The molecule has 0 aliphatic heterocycles. The zero-order valence-electron chi connectivity index (χ0n) is 4.51. The maximum Gasteiger partial charge on any atom is 1.00 e. The number of nitrogens with zero attached hydrogens (tertiary/aromatic N) is 1. The van der Waals surface area contributed by atoms with Gasteiger partial charge in [-0.05, 0) is 6.26 Å². The third-order valence-electron chi connectivity index (χ3n) is 0.309. The fourth-order valence-corrected chi connectivity index (χ4v) is 0.152. The SMILES string of the molecule is [Li+].[Li].[c-]1ncco1. The van der Waals surface area contributed by atoms with Gasteiger partial charge in [0.2, 0.25) is 0 Å². The average molecular weight is 81.9 g/mol. The van der Waals surface area contributed by atoms with Gasteiger partial charge in [-0.1, -0.05) is 6.20 Å². The number of aromatic nitrogens is 1. The van der Waals surface area contributed by atoms with Crippen molar-refractivity contribution in [3.05, 3.63) is 18.9 Å². The van der Waals surface area contributed by atoms with Crippen molar-refractivity contribution in [2.75, 3.05) is 0 Å². The van der Waals surface area contributed by atoms with Gasteiger partial charge in [-0.15, -0.1) is 0 Å². The van der Waals surface area contributed by atoms with E-state index in [1.165, 1.54) is 12.5 Å². The molecule has 0 bridgehead atoms. The summed E-state index contributed by atoms with van der Waals surface area (Å²) in [5.41, 5.74) is 0. The fourth-order valence-electron chi connectivity index (χ4n) is 0.152. The molecule has 2 nitrogen and oxygen atoms in total. The van der Waals surface area contributed by atoms with E-state index in [9.17, 15) is 0 Å². The molecular weight excluding hydrogens is 79.9 g/mol. The summed E-state index contributed by atoms with van der Waals surface area (Å²) in [6.45, 7) is 0. The van der Waals surface area contributed by atoms with Crippen molar-refractivity contribution in [2.24, 2.45) is 0 Å². The minimum Gasteiger partial charge on any atom is -0.581 e. The molecule has 27 valence electrons. The Morgan fingerprint density at radius 2 is 2.29 bits per heavy atom. The molecule has 7 heavy (non-hydrogen) atoms. The maximum absolute atomic E-state index is 4.35. The first-order valence-corrected chi connectivity index (χ1v) is 1.25. The van der Waals surface area contributed by atoms with Crippen LogP contribution in [0.1, 0.15) is 0 Å². The summed E-state index contributed by atoms with van der Waals surface area (Å²) in [6, 6.07) is 0. The van der Waals surface area contributed by atoms with Crippen LogP contribution >= 0.6 is 0 Å². The van der Waals surface area contributed by atoms with Crippen LogP contribution < -0.4 is 18.9 Å². The standard InChI is InChI=1S/C3H2NO.2Li/c1-2-5-3-4-1;;/h1-2H;;/q-1;;+1. The summed E-state index contributed by atoms with van der Waals surface area (Å²) in [5.74, 6) is 0. The molecule has 0 unspecified atom stereocenters. The smallest absolute Gasteiger partial charge is 0.581 e. The molecule has 1 radical (unpaired) electrons. The first-order valence-electron chi connectivity index (χ1n) is 1.25. The van der Waals surface area contributed by atoms with E-state index in [4.69, 9.17) is 0 Å². The van der Waals surface area contributed by atoms with Crippen LogP contribution in [0.15, 0.2) is 16.9 Å². The summed E-state index contributed by atoms with van der Waals surface area (Å²) < 4.78 is 4.35. The molecule has 1 aromatic rings. The van der Waals surface area contributed by atoms with Crippen LogP contribution in [-0.4, -0.2) is 23.8 Å². The summed E-state index contributed by atoms with van der Waals surface area (Å²) in [7, 11) is 0. The van der Waals surface area contributed by atoms with E-state index >= 15 is 0 Å². The quantitative estimate of drug-likeness (QED) is 0.248. The molecule has 0 atom stereocenters. The molecule has 0 spiro atoms. The van der Waals surface area contributed by atoms with Crippen molar-refractivity contribution in [1.82, 2.24) is 4.98 Å². The van der Waals surface area contributed by atoms with Crippen LogP contribution in [0.2, 0.25) is 0 Å². The summed E-state index contributed by atoms with van der Waals surface area (Å²) in [4.78, 5) is 3.43. The molecule has 0 aromatic carbocycles. The normalized spacial score (nSPS) is 5.71. The van der Waals surface area contributed by atoms with Crippen LogP contribution in [-0.2, 0) is 0 Å². The van der Waals surface area contributed by atoms with Crippen molar-refractivity contribution in [3.8, 4) is 0 Å². The van der Waals surface area contributed by atoms with E-state index in [2.05, 4.69) is 15.8 Å². The Balaban J connectivity index is 0. The predicted molar refractivity (Wildman–Crippen MR) is 21.1 cm³/mol. The van der Waals surface area contributed by atoms with Crippen LogP contribution in [0.5, 0.6) is 0 Å². The van der Waals surface area contributed by atoms with Gasteiger partial charge in [0, 0.05) is 18.9 Å². The molecule has 0 saturated heterocycles. The van der Waals surface area contributed by atoms with E-state index in [1.54, 1.807) is 0 Å². The molecule has 0 N–H and O–H groups in total. The van der Waals surface area contributed by atoms with E-state index in [1.807, 2.05) is 0 Å². The Kier molecular flexibility index (Phi) is 9.51. The van der Waals surface area contributed by atoms with Crippen LogP contribution in [0, 0.1) is 6.39 Å². The predicted octanol–water partition coefficient (Wildman–Crippen LogP) is -2.90. The zero-order chi connectivity index (χ0) is 3.54. The second-order valence-corrected chi connectivity index (χ2v) is 0.623. The van der Waals surface area contributed by atoms with Gasteiger partial charge in [0.15, 0.2) is 0 Å². The third-order valence-corrected chi connectivity index (χ3v) is 0.309. The van der Waals surface area contributed by atoms with E-state index in [0.29, 0.717) is 0 Å². The Hall–Kier alpha value is 0.405. The molecule has 0 aliphatic carbocycles. The Bertz CT molecular complexity index is 69.4. The molecular formula is C3H2Li2NO. The van der Waals surface area contributed by atoms with E-state index < -0.39 is 0 Å². The Labute approximate surface area is 66.0 Å². The minimum absolute atomic E-state index is 0. The van der Waals surface area contributed by atoms with Crippen LogP contribution in [0.4, 0.5) is 0 Å². The van der Waals surface area contributed by atoms with Gasteiger partial charge in [-0.3, -0.25) is 0 Å². The average Bonchev–Trinajstić information content (AvgIpc) is 1.76. The number of hydrogen-bond acceptors (Lipinski definition) is 2. The maximum atomic E-state index is 4.35. The Morgan fingerprint density at radius 3 is 2.43 bits per heavy atom. The van der Waals surface area contributed by atoms with Crippen LogP contribution in [0.3, 0.4) is 0 Å². The molecule has 1 rings (SSSR count). The first-order chi connectivity index (χ1) is 2.50. The molecule has 0 fully saturated rings. The van der Waals surface area contributed by atoms with Gasteiger partial charge in [0.1, 0.15) is 6.39 Å². The first kappa shape index (κ1) is 10.4. The van der Waals surface area contributed by atoms with Gasteiger partial charge in [0.25, 0.3) is 0 Å².